The molecule has 0 radical (unpaired) electrons. The number of carbonyl (C=O) groups is 1. The first-order valence-corrected chi connectivity index (χ1v) is 4.67. The highest BCUT2D eigenvalue weighted by molar-refractivity contribution is 5.81. The summed E-state index contributed by atoms with van der Waals surface area (Å²) in [5.74, 6) is 0.705. The molecule has 2 fully saturated rings. The molecule has 0 bridgehead atoms. The Bertz CT molecular complexity index is 189. The predicted octanol–water partition coefficient (Wildman–Crippen LogP) is 0.644. The van der Waals surface area contributed by atoms with Crippen LogP contribution >= 0.6 is 0 Å². The van der Waals surface area contributed by atoms with Gasteiger partial charge in [-0.3, -0.25) is 4.79 Å². The SMILES string of the molecule is CC1COCCN1C(=O)C1CC1. The fourth-order valence-electron chi connectivity index (χ4n) is 1.62. The van der Waals surface area contributed by atoms with Gasteiger partial charge in [0.15, 0.2) is 0 Å². The summed E-state index contributed by atoms with van der Waals surface area (Å²) in [6.45, 7) is 4.26. The number of carbonyl (C=O) groups excluding carboxylic acids is 1. The van der Waals surface area contributed by atoms with Gasteiger partial charge in [-0.2, -0.15) is 0 Å². The first-order valence-electron chi connectivity index (χ1n) is 4.67. The summed E-state index contributed by atoms with van der Waals surface area (Å²) in [6, 6.07) is 0.284. The average Bonchev–Trinajstić information content (AvgIpc) is 2.86. The smallest absolute Gasteiger partial charge is 0.226 e. The van der Waals surface area contributed by atoms with Gasteiger partial charge in [-0.05, 0) is 19.8 Å². The van der Waals surface area contributed by atoms with Gasteiger partial charge in [0, 0.05) is 12.5 Å². The lowest BCUT2D eigenvalue weighted by atomic mass is 10.2. The summed E-state index contributed by atoms with van der Waals surface area (Å²) < 4.78 is 5.27. The fraction of sp³-hybridized carbons (Fsp3) is 0.889. The molecule has 1 unspecified atom stereocenters. The second-order valence-electron chi connectivity index (χ2n) is 3.73. The number of ether oxygens (including phenoxy) is 1. The molecule has 2 rings (SSSR count). The van der Waals surface area contributed by atoms with Crippen LogP contribution in [0.4, 0.5) is 0 Å². The minimum absolute atomic E-state index is 0.284. The highest BCUT2D eigenvalue weighted by Crippen LogP contribution is 2.31. The van der Waals surface area contributed by atoms with Crippen LogP contribution in [0.5, 0.6) is 0 Å². The molecule has 0 aromatic heterocycles. The predicted molar refractivity (Wildman–Crippen MR) is 44.7 cm³/mol. The van der Waals surface area contributed by atoms with E-state index in [2.05, 4.69) is 6.92 Å². The third-order valence-corrected chi connectivity index (χ3v) is 2.58. The lowest BCUT2D eigenvalue weighted by Crippen LogP contribution is -2.47. The maximum absolute atomic E-state index is 11.6. The van der Waals surface area contributed by atoms with Crippen molar-refractivity contribution < 1.29 is 9.53 Å². The van der Waals surface area contributed by atoms with Crippen molar-refractivity contribution in [3.63, 3.8) is 0 Å². The van der Waals surface area contributed by atoms with Crippen LogP contribution in [-0.4, -0.2) is 36.6 Å². The second-order valence-corrected chi connectivity index (χ2v) is 3.73. The number of morpholine rings is 1. The Kier molecular flexibility index (Phi) is 2.05. The van der Waals surface area contributed by atoms with E-state index in [1.54, 1.807) is 0 Å². The molecule has 1 atom stereocenters. The largest absolute Gasteiger partial charge is 0.377 e. The van der Waals surface area contributed by atoms with Crippen LogP contribution in [-0.2, 0) is 9.53 Å². The van der Waals surface area contributed by atoms with Gasteiger partial charge in [-0.1, -0.05) is 0 Å². The lowest BCUT2D eigenvalue weighted by Gasteiger charge is -2.33. The zero-order valence-electron chi connectivity index (χ0n) is 7.45. The van der Waals surface area contributed by atoms with Crippen molar-refractivity contribution in [1.29, 1.82) is 0 Å². The number of hydrogen-bond donors (Lipinski definition) is 0. The molecule has 0 N–H and O–H groups in total. The standard InChI is InChI=1S/C9H15NO2/c1-7-6-12-5-4-10(7)9(11)8-2-3-8/h7-8H,2-6H2,1H3. The summed E-state index contributed by atoms with van der Waals surface area (Å²) in [4.78, 5) is 13.6. The van der Waals surface area contributed by atoms with E-state index >= 15 is 0 Å². The van der Waals surface area contributed by atoms with Gasteiger partial charge in [-0.15, -0.1) is 0 Å². The summed E-state index contributed by atoms with van der Waals surface area (Å²) in [5.41, 5.74) is 0. The monoisotopic (exact) mass is 169 g/mol. The molecular weight excluding hydrogens is 154 g/mol. The highest BCUT2D eigenvalue weighted by atomic mass is 16.5. The Morgan fingerprint density at radius 3 is 2.83 bits per heavy atom. The third-order valence-electron chi connectivity index (χ3n) is 2.58. The van der Waals surface area contributed by atoms with E-state index in [1.807, 2.05) is 4.90 Å². The molecule has 2 aliphatic rings. The van der Waals surface area contributed by atoms with E-state index in [1.165, 1.54) is 0 Å². The van der Waals surface area contributed by atoms with Crippen LogP contribution in [0.1, 0.15) is 19.8 Å². The van der Waals surface area contributed by atoms with Crippen LogP contribution in [0.15, 0.2) is 0 Å². The number of amides is 1. The van der Waals surface area contributed by atoms with Crippen LogP contribution < -0.4 is 0 Å². The van der Waals surface area contributed by atoms with Gasteiger partial charge in [0.05, 0.1) is 19.3 Å². The summed E-state index contributed by atoms with van der Waals surface area (Å²) >= 11 is 0. The van der Waals surface area contributed by atoms with Crippen molar-refractivity contribution >= 4 is 5.91 Å². The van der Waals surface area contributed by atoms with Crippen molar-refractivity contribution in [3.05, 3.63) is 0 Å². The zero-order chi connectivity index (χ0) is 8.55. The Morgan fingerprint density at radius 2 is 2.25 bits per heavy atom. The van der Waals surface area contributed by atoms with Crippen LogP contribution in [0.3, 0.4) is 0 Å². The van der Waals surface area contributed by atoms with Gasteiger partial charge in [0.1, 0.15) is 0 Å². The molecule has 12 heavy (non-hydrogen) atoms. The molecule has 3 nitrogen and oxygen atoms in total. The number of rotatable bonds is 1. The molecule has 68 valence electrons. The molecule has 0 aromatic rings. The van der Waals surface area contributed by atoms with Gasteiger partial charge in [-0.25, -0.2) is 0 Å². The van der Waals surface area contributed by atoms with E-state index in [9.17, 15) is 4.79 Å². The van der Waals surface area contributed by atoms with E-state index < -0.39 is 0 Å². The first-order chi connectivity index (χ1) is 5.79. The molecule has 1 saturated heterocycles. The Hall–Kier alpha value is -0.570. The van der Waals surface area contributed by atoms with Gasteiger partial charge < -0.3 is 9.64 Å². The minimum atomic E-state index is 0.284. The molecule has 1 saturated carbocycles. The average molecular weight is 169 g/mol. The van der Waals surface area contributed by atoms with Crippen LogP contribution in [0, 0.1) is 5.92 Å². The van der Waals surface area contributed by atoms with E-state index in [-0.39, 0.29) is 6.04 Å². The Labute approximate surface area is 72.7 Å². The normalized spacial score (nSPS) is 30.4. The zero-order valence-corrected chi connectivity index (χ0v) is 7.45. The Balaban J connectivity index is 1.95. The maximum Gasteiger partial charge on any atom is 0.226 e. The molecule has 1 aliphatic heterocycles. The van der Waals surface area contributed by atoms with E-state index in [0.29, 0.717) is 25.0 Å². The lowest BCUT2D eigenvalue weighted by molar-refractivity contribution is -0.140. The quantitative estimate of drug-likeness (QED) is 0.576. The molecule has 1 heterocycles. The molecular formula is C9H15NO2. The van der Waals surface area contributed by atoms with Gasteiger partial charge >= 0.3 is 0 Å². The van der Waals surface area contributed by atoms with E-state index in [4.69, 9.17) is 4.74 Å². The highest BCUT2D eigenvalue weighted by Gasteiger charge is 2.36. The number of hydrogen-bond acceptors (Lipinski definition) is 2. The molecule has 3 heteroatoms. The minimum Gasteiger partial charge on any atom is -0.377 e. The Morgan fingerprint density at radius 1 is 1.50 bits per heavy atom. The fourth-order valence-corrected chi connectivity index (χ4v) is 1.62. The van der Waals surface area contributed by atoms with Crippen molar-refractivity contribution in [3.8, 4) is 0 Å². The topological polar surface area (TPSA) is 29.5 Å². The van der Waals surface area contributed by atoms with Gasteiger partial charge in [0.25, 0.3) is 0 Å². The van der Waals surface area contributed by atoms with Crippen LogP contribution in [0.2, 0.25) is 0 Å². The van der Waals surface area contributed by atoms with Crippen molar-refractivity contribution in [2.45, 2.75) is 25.8 Å². The van der Waals surface area contributed by atoms with Crippen LogP contribution in [0.25, 0.3) is 0 Å². The second kappa shape index (κ2) is 3.05. The summed E-state index contributed by atoms with van der Waals surface area (Å²) in [7, 11) is 0. The summed E-state index contributed by atoms with van der Waals surface area (Å²) in [5, 5.41) is 0. The van der Waals surface area contributed by atoms with Crippen molar-refractivity contribution in [1.82, 2.24) is 4.90 Å². The summed E-state index contributed by atoms with van der Waals surface area (Å²) in [6.07, 6.45) is 2.20. The molecule has 0 spiro atoms. The van der Waals surface area contributed by atoms with Gasteiger partial charge in [0.2, 0.25) is 5.91 Å². The maximum atomic E-state index is 11.6. The molecule has 1 amide bonds. The third kappa shape index (κ3) is 1.46. The first kappa shape index (κ1) is 8.05. The number of nitrogens with zero attached hydrogens (tertiary/aromatic N) is 1. The van der Waals surface area contributed by atoms with Crippen molar-refractivity contribution in [2.75, 3.05) is 19.8 Å². The van der Waals surface area contributed by atoms with Crippen molar-refractivity contribution in [2.24, 2.45) is 5.92 Å². The van der Waals surface area contributed by atoms with E-state index in [0.717, 1.165) is 19.4 Å². The molecule has 0 aromatic carbocycles. The molecule has 1 aliphatic carbocycles.